The summed E-state index contributed by atoms with van der Waals surface area (Å²) < 4.78 is 6.85. The molecule has 6 aliphatic carbocycles. The molecule has 5 saturated carbocycles. The van der Waals surface area contributed by atoms with Crippen molar-refractivity contribution in [1.29, 1.82) is 0 Å². The molecule has 0 aromatic carbocycles. The Balaban J connectivity index is 1.33. The van der Waals surface area contributed by atoms with Crippen LogP contribution >= 0.6 is 0 Å². The lowest BCUT2D eigenvalue weighted by Gasteiger charge is -2.60. The first-order valence-corrected chi connectivity index (χ1v) is 11.8. The Labute approximate surface area is 163 Å². The van der Waals surface area contributed by atoms with E-state index < -0.39 is 0 Å². The van der Waals surface area contributed by atoms with E-state index >= 15 is 0 Å². The van der Waals surface area contributed by atoms with Crippen LogP contribution in [-0.4, -0.2) is 17.5 Å². The molecule has 1 aliphatic heterocycles. The van der Waals surface area contributed by atoms with Gasteiger partial charge in [-0.3, -0.25) is 4.79 Å². The molecule has 0 radical (unpaired) electrons. The largest absolute Gasteiger partial charge is 0.371 e. The van der Waals surface area contributed by atoms with Crippen molar-refractivity contribution in [1.82, 2.24) is 0 Å². The van der Waals surface area contributed by atoms with Gasteiger partial charge in [0.15, 0.2) is 5.78 Å². The van der Waals surface area contributed by atoms with E-state index in [9.17, 15) is 4.79 Å². The van der Waals surface area contributed by atoms with E-state index in [1.165, 1.54) is 38.5 Å². The first-order chi connectivity index (χ1) is 12.9. The lowest BCUT2D eigenvalue weighted by atomic mass is 9.45. The summed E-state index contributed by atoms with van der Waals surface area (Å²) in [6.07, 6.45) is 12.7. The zero-order valence-electron chi connectivity index (χ0n) is 17.2. The molecule has 1 spiro atoms. The zero-order chi connectivity index (χ0) is 18.3. The van der Waals surface area contributed by atoms with Gasteiger partial charge in [0, 0.05) is 11.8 Å². The molecule has 27 heavy (non-hydrogen) atoms. The Hall–Kier alpha value is -0.630. The van der Waals surface area contributed by atoms with Crippen LogP contribution in [0.25, 0.3) is 0 Å². The predicted molar refractivity (Wildman–Crippen MR) is 104 cm³/mol. The zero-order valence-corrected chi connectivity index (χ0v) is 17.2. The number of ether oxygens (including phenoxy) is 1. The smallest absolute Gasteiger partial charge is 0.155 e. The fourth-order valence-corrected chi connectivity index (χ4v) is 10.1. The lowest BCUT2D eigenvalue weighted by molar-refractivity contribution is -0.169. The molecule has 2 nitrogen and oxygen atoms in total. The number of carbonyl (C=O) groups is 1. The number of fused-ring (bicyclic) bond motifs is 12. The normalized spacial score (nSPS) is 65.0. The standard InChI is InChI=1S/C25H34O2/c1-13-4-9-25(27-13)20-12-17(20)22-21-16-11-15(16)19-10-14(26)5-7-23(19,2)18(21)6-8-24(22,25)3/h10,13,15-18,20-22H,4-9,11-12H2,1-3H3/t13?,15?,16?,17-,18+,20+,21-,22+,23-,24+,25+/m1/s1. The van der Waals surface area contributed by atoms with Crippen LogP contribution in [-0.2, 0) is 9.53 Å². The Kier molecular flexibility index (Phi) is 2.75. The topological polar surface area (TPSA) is 26.3 Å². The molecular formula is C25H34O2. The van der Waals surface area contributed by atoms with Gasteiger partial charge in [-0.05, 0) is 105 Å². The average Bonchev–Trinajstić information content (AvgIpc) is 3.53. The van der Waals surface area contributed by atoms with Crippen LogP contribution in [0.3, 0.4) is 0 Å². The van der Waals surface area contributed by atoms with Gasteiger partial charge >= 0.3 is 0 Å². The maximum Gasteiger partial charge on any atom is 0.155 e. The quantitative estimate of drug-likeness (QED) is 0.591. The monoisotopic (exact) mass is 366 g/mol. The molecule has 11 atom stereocenters. The van der Waals surface area contributed by atoms with E-state index in [-0.39, 0.29) is 5.60 Å². The van der Waals surface area contributed by atoms with E-state index in [0.29, 0.717) is 22.7 Å². The molecule has 1 saturated heterocycles. The number of rotatable bonds is 0. The predicted octanol–water partition coefficient (Wildman–Crippen LogP) is 5.17. The number of allylic oxidation sites excluding steroid dienone is 1. The Morgan fingerprint density at radius 1 is 1.04 bits per heavy atom. The van der Waals surface area contributed by atoms with E-state index in [0.717, 1.165) is 54.3 Å². The third kappa shape index (κ3) is 1.66. The van der Waals surface area contributed by atoms with Crippen molar-refractivity contribution >= 4 is 5.78 Å². The molecule has 7 rings (SSSR count). The van der Waals surface area contributed by atoms with Gasteiger partial charge in [0.25, 0.3) is 0 Å². The number of ketones is 1. The van der Waals surface area contributed by atoms with E-state index in [2.05, 4.69) is 26.8 Å². The van der Waals surface area contributed by atoms with Crippen LogP contribution in [0.15, 0.2) is 11.6 Å². The molecule has 1 heterocycles. The van der Waals surface area contributed by atoms with Gasteiger partial charge in [0.2, 0.25) is 0 Å². The summed E-state index contributed by atoms with van der Waals surface area (Å²) in [4.78, 5) is 12.2. The summed E-state index contributed by atoms with van der Waals surface area (Å²) in [7, 11) is 0. The number of hydrogen-bond donors (Lipinski definition) is 0. The molecule has 0 bridgehead atoms. The summed E-state index contributed by atoms with van der Waals surface area (Å²) in [6, 6.07) is 0. The average molecular weight is 367 g/mol. The van der Waals surface area contributed by atoms with Gasteiger partial charge in [-0.15, -0.1) is 0 Å². The van der Waals surface area contributed by atoms with Crippen LogP contribution in [0.4, 0.5) is 0 Å². The van der Waals surface area contributed by atoms with Gasteiger partial charge in [-0.1, -0.05) is 19.4 Å². The van der Waals surface area contributed by atoms with Gasteiger partial charge in [-0.2, -0.15) is 0 Å². The molecule has 3 unspecified atom stereocenters. The van der Waals surface area contributed by atoms with Gasteiger partial charge < -0.3 is 4.74 Å². The van der Waals surface area contributed by atoms with Crippen molar-refractivity contribution in [2.75, 3.05) is 0 Å². The summed E-state index contributed by atoms with van der Waals surface area (Å²) in [5.74, 6) is 6.51. The Morgan fingerprint density at radius 3 is 2.67 bits per heavy atom. The van der Waals surface area contributed by atoms with Crippen molar-refractivity contribution in [3.05, 3.63) is 11.6 Å². The lowest BCUT2D eigenvalue weighted by Crippen LogP contribution is -2.57. The molecule has 6 fully saturated rings. The van der Waals surface area contributed by atoms with Gasteiger partial charge in [0.1, 0.15) is 0 Å². The molecule has 0 aromatic heterocycles. The van der Waals surface area contributed by atoms with Crippen molar-refractivity contribution < 1.29 is 9.53 Å². The maximum absolute atomic E-state index is 12.2. The second-order valence-corrected chi connectivity index (χ2v) is 12.0. The van der Waals surface area contributed by atoms with E-state index in [1.54, 1.807) is 5.57 Å². The minimum atomic E-state index is 0.219. The molecular weight excluding hydrogens is 332 g/mol. The second-order valence-electron chi connectivity index (χ2n) is 12.0. The van der Waals surface area contributed by atoms with Crippen molar-refractivity contribution in [2.45, 2.75) is 83.8 Å². The molecule has 146 valence electrons. The maximum atomic E-state index is 12.2. The van der Waals surface area contributed by atoms with Crippen LogP contribution in [0.2, 0.25) is 0 Å². The third-order valence-electron chi connectivity index (χ3n) is 11.2. The van der Waals surface area contributed by atoms with Crippen LogP contribution < -0.4 is 0 Å². The highest BCUT2D eigenvalue weighted by molar-refractivity contribution is 5.92. The summed E-state index contributed by atoms with van der Waals surface area (Å²) in [5, 5.41) is 0. The fraction of sp³-hybridized carbons (Fsp3) is 0.880. The molecule has 0 aromatic rings. The first kappa shape index (κ1) is 16.2. The summed E-state index contributed by atoms with van der Waals surface area (Å²) in [6.45, 7) is 7.50. The van der Waals surface area contributed by atoms with E-state index in [4.69, 9.17) is 4.74 Å². The minimum absolute atomic E-state index is 0.219. The van der Waals surface area contributed by atoms with Gasteiger partial charge in [0.05, 0.1) is 11.7 Å². The Bertz CT molecular complexity index is 783. The number of carbonyl (C=O) groups excluding carboxylic acids is 1. The minimum Gasteiger partial charge on any atom is -0.371 e. The second kappa shape index (κ2) is 4.58. The molecule has 7 aliphatic rings. The highest BCUT2D eigenvalue weighted by Crippen LogP contribution is 2.82. The van der Waals surface area contributed by atoms with E-state index in [1.807, 2.05) is 0 Å². The molecule has 0 amide bonds. The first-order valence-electron chi connectivity index (χ1n) is 11.8. The van der Waals surface area contributed by atoms with Crippen molar-refractivity contribution in [3.63, 3.8) is 0 Å². The molecule has 0 N–H and O–H groups in total. The highest BCUT2D eigenvalue weighted by Gasteiger charge is 2.80. The summed E-state index contributed by atoms with van der Waals surface area (Å²) >= 11 is 0. The van der Waals surface area contributed by atoms with Crippen molar-refractivity contribution in [2.24, 2.45) is 52.3 Å². The van der Waals surface area contributed by atoms with Crippen LogP contribution in [0.1, 0.15) is 72.1 Å². The number of hydrogen-bond acceptors (Lipinski definition) is 2. The molecule has 2 heteroatoms. The fourth-order valence-electron chi connectivity index (χ4n) is 10.1. The van der Waals surface area contributed by atoms with Crippen LogP contribution in [0.5, 0.6) is 0 Å². The Morgan fingerprint density at radius 2 is 1.89 bits per heavy atom. The highest BCUT2D eigenvalue weighted by atomic mass is 16.5. The SMILES string of the molecule is CC1CC[C@]2(O1)[C@H]1C[C@H]1[C@H]1[C@@H]3C4CC4C4=CC(=O)CC[C@]4(C)[C@H]3CC[C@@]12C. The van der Waals surface area contributed by atoms with Crippen LogP contribution in [0, 0.1) is 52.3 Å². The third-order valence-corrected chi connectivity index (χ3v) is 11.2. The van der Waals surface area contributed by atoms with Crippen molar-refractivity contribution in [3.8, 4) is 0 Å². The summed E-state index contributed by atoms with van der Waals surface area (Å²) in [5.41, 5.74) is 2.54. The van der Waals surface area contributed by atoms with Gasteiger partial charge in [-0.25, -0.2) is 0 Å².